The highest BCUT2D eigenvalue weighted by Crippen LogP contribution is 2.23. The van der Waals surface area contributed by atoms with E-state index in [1.807, 2.05) is 0 Å². The van der Waals surface area contributed by atoms with Crippen LogP contribution < -0.4 is 5.73 Å². The second kappa shape index (κ2) is 6.09. The van der Waals surface area contributed by atoms with Gasteiger partial charge in [-0.2, -0.15) is 4.31 Å². The molecule has 2 rings (SSSR count). The summed E-state index contributed by atoms with van der Waals surface area (Å²) in [5.41, 5.74) is 6.85. The molecule has 1 aromatic rings. The van der Waals surface area contributed by atoms with Gasteiger partial charge in [0.15, 0.2) is 0 Å². The van der Waals surface area contributed by atoms with Crippen molar-refractivity contribution >= 4 is 15.7 Å². The number of nitrogen functional groups attached to an aromatic ring is 1. The molecule has 0 amide bonds. The maximum atomic E-state index is 12.6. The molecule has 0 atom stereocenters. The standard InChI is InChI=1S/C13H21N3O3S/c1-11-2-3-12(14)10-13(11)20(18,19)16-6-4-15(5-7-16)8-9-17/h2-3,10,17H,4-9,14H2,1H3. The third-order valence-electron chi connectivity index (χ3n) is 3.58. The van der Waals surface area contributed by atoms with Gasteiger partial charge in [0.05, 0.1) is 11.5 Å². The fourth-order valence-corrected chi connectivity index (χ4v) is 4.05. The van der Waals surface area contributed by atoms with Crippen LogP contribution >= 0.6 is 0 Å². The second-order valence-corrected chi connectivity index (χ2v) is 6.90. The molecule has 1 aromatic carbocycles. The molecule has 1 saturated heterocycles. The van der Waals surface area contributed by atoms with Crippen LogP contribution in [0.4, 0.5) is 5.69 Å². The molecule has 7 heteroatoms. The van der Waals surface area contributed by atoms with Gasteiger partial charge in [0.2, 0.25) is 10.0 Å². The molecule has 112 valence electrons. The smallest absolute Gasteiger partial charge is 0.243 e. The lowest BCUT2D eigenvalue weighted by Gasteiger charge is -2.33. The van der Waals surface area contributed by atoms with Gasteiger partial charge >= 0.3 is 0 Å². The first kappa shape index (κ1) is 15.2. The van der Waals surface area contributed by atoms with Crippen molar-refractivity contribution in [3.05, 3.63) is 23.8 Å². The third kappa shape index (κ3) is 3.12. The third-order valence-corrected chi connectivity index (χ3v) is 5.62. The Balaban J connectivity index is 2.18. The summed E-state index contributed by atoms with van der Waals surface area (Å²) in [6.45, 7) is 4.62. The highest BCUT2D eigenvalue weighted by Gasteiger charge is 2.29. The number of anilines is 1. The van der Waals surface area contributed by atoms with Crippen molar-refractivity contribution in [3.63, 3.8) is 0 Å². The Bertz CT molecular complexity index is 566. The summed E-state index contributed by atoms with van der Waals surface area (Å²) in [7, 11) is -3.49. The molecule has 0 aliphatic carbocycles. The average molecular weight is 299 g/mol. The molecule has 0 unspecified atom stereocenters. The number of sulfonamides is 1. The summed E-state index contributed by atoms with van der Waals surface area (Å²) in [4.78, 5) is 2.34. The lowest BCUT2D eigenvalue weighted by molar-refractivity contribution is 0.151. The summed E-state index contributed by atoms with van der Waals surface area (Å²) < 4.78 is 26.7. The number of aryl methyl sites for hydroxylation is 1. The van der Waals surface area contributed by atoms with Crippen molar-refractivity contribution in [3.8, 4) is 0 Å². The fraction of sp³-hybridized carbons (Fsp3) is 0.538. The lowest BCUT2D eigenvalue weighted by Crippen LogP contribution is -2.49. The minimum Gasteiger partial charge on any atom is -0.399 e. The molecular formula is C13H21N3O3S. The van der Waals surface area contributed by atoms with Gasteiger partial charge in [-0.25, -0.2) is 8.42 Å². The largest absolute Gasteiger partial charge is 0.399 e. The zero-order valence-electron chi connectivity index (χ0n) is 11.6. The lowest BCUT2D eigenvalue weighted by atomic mass is 10.2. The van der Waals surface area contributed by atoms with Crippen LogP contribution in [0.3, 0.4) is 0 Å². The molecule has 0 bridgehead atoms. The Kier molecular flexibility index (Phi) is 4.64. The van der Waals surface area contributed by atoms with Gasteiger partial charge in [0, 0.05) is 38.4 Å². The van der Waals surface area contributed by atoms with Gasteiger partial charge in [-0.05, 0) is 24.6 Å². The highest BCUT2D eigenvalue weighted by molar-refractivity contribution is 7.89. The van der Waals surface area contributed by atoms with Crippen molar-refractivity contribution in [2.75, 3.05) is 45.1 Å². The number of nitrogens with zero attached hydrogens (tertiary/aromatic N) is 2. The Labute approximate surface area is 119 Å². The van der Waals surface area contributed by atoms with Crippen molar-refractivity contribution < 1.29 is 13.5 Å². The molecule has 1 aliphatic rings. The summed E-state index contributed by atoms with van der Waals surface area (Å²) in [5, 5.41) is 8.90. The van der Waals surface area contributed by atoms with Crippen LogP contribution in [0.15, 0.2) is 23.1 Å². The minimum absolute atomic E-state index is 0.0983. The van der Waals surface area contributed by atoms with Gasteiger partial charge in [-0.3, -0.25) is 4.90 Å². The number of aliphatic hydroxyl groups excluding tert-OH is 1. The van der Waals surface area contributed by atoms with Crippen LogP contribution in [0.5, 0.6) is 0 Å². The van der Waals surface area contributed by atoms with E-state index in [0.717, 1.165) is 0 Å². The Morgan fingerprint density at radius 2 is 1.90 bits per heavy atom. The zero-order valence-corrected chi connectivity index (χ0v) is 12.4. The summed E-state index contributed by atoms with van der Waals surface area (Å²) in [6.07, 6.45) is 0. The van der Waals surface area contributed by atoms with Gasteiger partial charge in [0.25, 0.3) is 0 Å². The van der Waals surface area contributed by atoms with E-state index in [-0.39, 0.29) is 11.5 Å². The number of benzene rings is 1. The topological polar surface area (TPSA) is 86.9 Å². The van der Waals surface area contributed by atoms with Crippen LogP contribution in [-0.4, -0.2) is 62.1 Å². The van der Waals surface area contributed by atoms with Crippen molar-refractivity contribution in [1.29, 1.82) is 0 Å². The zero-order chi connectivity index (χ0) is 14.8. The fourth-order valence-electron chi connectivity index (χ4n) is 2.37. The molecular weight excluding hydrogens is 278 g/mol. The van der Waals surface area contributed by atoms with Crippen molar-refractivity contribution in [1.82, 2.24) is 9.21 Å². The molecule has 1 aliphatic heterocycles. The normalized spacial score (nSPS) is 18.3. The van der Waals surface area contributed by atoms with E-state index in [4.69, 9.17) is 10.8 Å². The first-order chi connectivity index (χ1) is 9.45. The predicted octanol–water partition coefficient (Wildman–Crippen LogP) is -0.124. The van der Waals surface area contributed by atoms with E-state index in [1.165, 1.54) is 10.4 Å². The van der Waals surface area contributed by atoms with Crippen LogP contribution in [-0.2, 0) is 10.0 Å². The number of rotatable bonds is 4. The van der Waals surface area contributed by atoms with Crippen LogP contribution in [0.25, 0.3) is 0 Å². The monoisotopic (exact) mass is 299 g/mol. The van der Waals surface area contributed by atoms with Gasteiger partial charge in [0.1, 0.15) is 0 Å². The molecule has 3 N–H and O–H groups in total. The molecule has 0 radical (unpaired) electrons. The van der Waals surface area contributed by atoms with E-state index >= 15 is 0 Å². The first-order valence-electron chi connectivity index (χ1n) is 6.64. The number of β-amino-alcohol motifs (C(OH)–C–C–N with tert-alkyl or cyclic N) is 1. The van der Waals surface area contributed by atoms with Crippen LogP contribution in [0, 0.1) is 6.92 Å². The van der Waals surface area contributed by atoms with Crippen molar-refractivity contribution in [2.24, 2.45) is 0 Å². The van der Waals surface area contributed by atoms with Gasteiger partial charge < -0.3 is 10.8 Å². The molecule has 0 spiro atoms. The SMILES string of the molecule is Cc1ccc(N)cc1S(=O)(=O)N1CCN(CCO)CC1. The van der Waals surface area contributed by atoms with Crippen molar-refractivity contribution in [2.45, 2.75) is 11.8 Å². The van der Waals surface area contributed by atoms with E-state index < -0.39 is 10.0 Å². The molecule has 6 nitrogen and oxygen atoms in total. The van der Waals surface area contributed by atoms with Gasteiger partial charge in [-0.1, -0.05) is 6.07 Å². The van der Waals surface area contributed by atoms with E-state index in [0.29, 0.717) is 44.0 Å². The number of hydrogen-bond acceptors (Lipinski definition) is 5. The Morgan fingerprint density at radius 1 is 1.25 bits per heavy atom. The molecule has 1 heterocycles. The van der Waals surface area contributed by atoms with Crippen LogP contribution in [0.1, 0.15) is 5.56 Å². The molecule has 0 saturated carbocycles. The quantitative estimate of drug-likeness (QED) is 0.757. The summed E-state index contributed by atoms with van der Waals surface area (Å²) in [6, 6.07) is 4.95. The van der Waals surface area contributed by atoms with Crippen LogP contribution in [0.2, 0.25) is 0 Å². The maximum Gasteiger partial charge on any atom is 0.243 e. The first-order valence-corrected chi connectivity index (χ1v) is 8.08. The second-order valence-electron chi connectivity index (χ2n) is 4.99. The Hall–Kier alpha value is -1.15. The number of aliphatic hydroxyl groups is 1. The Morgan fingerprint density at radius 3 is 2.50 bits per heavy atom. The number of piperazine rings is 1. The van der Waals surface area contributed by atoms with E-state index in [9.17, 15) is 8.42 Å². The van der Waals surface area contributed by atoms with E-state index in [2.05, 4.69) is 4.90 Å². The highest BCUT2D eigenvalue weighted by atomic mass is 32.2. The minimum atomic E-state index is -3.49. The molecule has 1 fully saturated rings. The maximum absolute atomic E-state index is 12.6. The molecule has 0 aromatic heterocycles. The van der Waals surface area contributed by atoms with Gasteiger partial charge in [-0.15, -0.1) is 0 Å². The summed E-state index contributed by atoms with van der Waals surface area (Å²) in [5.74, 6) is 0. The predicted molar refractivity (Wildman–Crippen MR) is 77.9 cm³/mol. The molecule has 20 heavy (non-hydrogen) atoms. The number of nitrogens with two attached hydrogens (primary N) is 1. The number of hydrogen-bond donors (Lipinski definition) is 2. The average Bonchev–Trinajstić information content (AvgIpc) is 2.42. The summed E-state index contributed by atoms with van der Waals surface area (Å²) >= 11 is 0. The van der Waals surface area contributed by atoms with E-state index in [1.54, 1.807) is 19.1 Å².